The van der Waals surface area contributed by atoms with Crippen LogP contribution >= 0.6 is 0 Å². The number of fused-ring (bicyclic) bond motifs is 1. The lowest BCUT2D eigenvalue weighted by Crippen LogP contribution is -2.24. The summed E-state index contributed by atoms with van der Waals surface area (Å²) in [6, 6.07) is 0.752. The molecule has 0 heterocycles. The van der Waals surface area contributed by atoms with Crippen LogP contribution in [-0.2, 0) is 6.18 Å². The van der Waals surface area contributed by atoms with Crippen molar-refractivity contribution in [2.24, 2.45) is 0 Å². The Morgan fingerprint density at radius 3 is 2.27 bits per heavy atom. The Balaban J connectivity index is 2.61. The number of benzene rings is 1. The molecule has 124 valence electrons. The Hall–Kier alpha value is -1.58. The molecule has 0 aliphatic heterocycles. The highest BCUT2D eigenvalue weighted by atomic mass is 19.4. The fourth-order valence-corrected chi connectivity index (χ4v) is 2.22. The minimum Gasteiger partial charge on any atom is -0.487 e. The first-order valence-corrected chi connectivity index (χ1v) is 5.82. The molecule has 1 aliphatic carbocycles. The van der Waals surface area contributed by atoms with Crippen molar-refractivity contribution in [3.63, 3.8) is 0 Å². The second-order valence-corrected chi connectivity index (χ2v) is 4.58. The van der Waals surface area contributed by atoms with Crippen molar-refractivity contribution in [1.82, 2.24) is 0 Å². The molecular formula is C12H8F8O2. The van der Waals surface area contributed by atoms with Crippen molar-refractivity contribution in [2.75, 3.05) is 6.61 Å². The summed E-state index contributed by atoms with van der Waals surface area (Å²) in [4.78, 5) is 0. The summed E-state index contributed by atoms with van der Waals surface area (Å²) in [5.41, 5.74) is -4.36. The molecule has 10 heteroatoms. The van der Waals surface area contributed by atoms with Crippen LogP contribution in [0.2, 0.25) is 0 Å². The van der Waals surface area contributed by atoms with E-state index < -0.39 is 59.8 Å². The summed E-state index contributed by atoms with van der Waals surface area (Å²) in [5.74, 6) is -5.36. The molecule has 2 rings (SSSR count). The van der Waals surface area contributed by atoms with Crippen molar-refractivity contribution in [1.29, 1.82) is 0 Å². The van der Waals surface area contributed by atoms with Crippen LogP contribution in [-0.4, -0.2) is 24.1 Å². The Bertz CT molecular complexity index is 569. The number of rotatable bonds is 3. The van der Waals surface area contributed by atoms with E-state index in [1.54, 1.807) is 0 Å². The first-order valence-electron chi connectivity index (χ1n) is 5.82. The summed E-state index contributed by atoms with van der Waals surface area (Å²) in [5, 5.41) is 9.39. The van der Waals surface area contributed by atoms with Gasteiger partial charge >= 0.3 is 12.1 Å². The number of aliphatic hydroxyl groups excluding tert-OH is 1. The maximum atomic E-state index is 13.7. The van der Waals surface area contributed by atoms with Gasteiger partial charge in [-0.05, 0) is 12.1 Å². The van der Waals surface area contributed by atoms with E-state index >= 15 is 0 Å². The smallest absolute Gasteiger partial charge is 0.416 e. The molecule has 1 aromatic rings. The van der Waals surface area contributed by atoms with Gasteiger partial charge in [-0.25, -0.2) is 13.2 Å². The third kappa shape index (κ3) is 2.59. The second-order valence-electron chi connectivity index (χ2n) is 4.58. The van der Waals surface area contributed by atoms with Crippen LogP contribution in [0.3, 0.4) is 0 Å². The van der Waals surface area contributed by atoms with Crippen LogP contribution in [0.5, 0.6) is 5.75 Å². The summed E-state index contributed by atoms with van der Waals surface area (Å²) in [7, 11) is 0. The van der Waals surface area contributed by atoms with Gasteiger partial charge in [-0.1, -0.05) is 0 Å². The normalized spacial score (nSPS) is 23.7. The molecule has 0 radical (unpaired) electrons. The van der Waals surface area contributed by atoms with E-state index in [2.05, 4.69) is 4.74 Å². The molecular weight excluding hydrogens is 328 g/mol. The van der Waals surface area contributed by atoms with E-state index in [1.165, 1.54) is 0 Å². The van der Waals surface area contributed by atoms with Gasteiger partial charge in [0.1, 0.15) is 18.5 Å². The average molecular weight is 336 g/mol. The Kier molecular flexibility index (Phi) is 4.01. The van der Waals surface area contributed by atoms with Gasteiger partial charge in [-0.2, -0.15) is 22.0 Å². The zero-order chi connectivity index (χ0) is 16.9. The van der Waals surface area contributed by atoms with E-state index in [4.69, 9.17) is 0 Å². The van der Waals surface area contributed by atoms with Crippen LogP contribution in [0.25, 0.3) is 0 Å². The number of hydrogen-bond donors (Lipinski definition) is 1. The SMILES string of the molecule is O[C@H]1c2c(OCC(F)F)ccc(C(F)(F)F)c2[C@@H](F)C1(F)F. The van der Waals surface area contributed by atoms with E-state index in [0.29, 0.717) is 6.07 Å². The minimum absolute atomic E-state index is 0.250. The molecule has 0 saturated carbocycles. The molecule has 2 atom stereocenters. The second kappa shape index (κ2) is 5.25. The molecule has 0 spiro atoms. The fourth-order valence-electron chi connectivity index (χ4n) is 2.22. The largest absolute Gasteiger partial charge is 0.487 e. The van der Waals surface area contributed by atoms with E-state index in [-0.39, 0.29) is 6.07 Å². The Morgan fingerprint density at radius 1 is 1.18 bits per heavy atom. The lowest BCUT2D eigenvalue weighted by molar-refractivity contribution is -0.149. The molecule has 0 bridgehead atoms. The van der Waals surface area contributed by atoms with Crippen LogP contribution in [0, 0.1) is 0 Å². The van der Waals surface area contributed by atoms with Crippen molar-refractivity contribution in [2.45, 2.75) is 30.8 Å². The van der Waals surface area contributed by atoms with Crippen molar-refractivity contribution in [3.8, 4) is 5.75 Å². The van der Waals surface area contributed by atoms with E-state index in [9.17, 15) is 40.2 Å². The van der Waals surface area contributed by atoms with Gasteiger partial charge in [0.05, 0.1) is 5.56 Å². The summed E-state index contributed by atoms with van der Waals surface area (Å²) in [6.07, 6.45) is -14.5. The molecule has 2 nitrogen and oxygen atoms in total. The highest BCUT2D eigenvalue weighted by molar-refractivity contribution is 5.53. The zero-order valence-electron chi connectivity index (χ0n) is 10.5. The molecule has 1 aliphatic rings. The summed E-state index contributed by atoms with van der Waals surface area (Å²) >= 11 is 0. The minimum atomic E-state index is -5.16. The summed E-state index contributed by atoms with van der Waals surface area (Å²) in [6.45, 7) is -1.30. The van der Waals surface area contributed by atoms with E-state index in [1.807, 2.05) is 0 Å². The fraction of sp³-hybridized carbons (Fsp3) is 0.500. The summed E-state index contributed by atoms with van der Waals surface area (Å²) < 4.78 is 108. The van der Waals surface area contributed by atoms with Crippen LogP contribution in [0.15, 0.2) is 12.1 Å². The zero-order valence-corrected chi connectivity index (χ0v) is 10.5. The predicted molar refractivity (Wildman–Crippen MR) is 56.7 cm³/mol. The first kappa shape index (κ1) is 16.8. The van der Waals surface area contributed by atoms with Crippen molar-refractivity contribution < 1.29 is 45.0 Å². The number of halogens is 8. The van der Waals surface area contributed by atoms with Gasteiger partial charge in [-0.3, -0.25) is 0 Å². The quantitative estimate of drug-likeness (QED) is 0.844. The molecule has 0 fully saturated rings. The molecule has 0 aromatic heterocycles. The molecule has 1 aromatic carbocycles. The van der Waals surface area contributed by atoms with Crippen LogP contribution in [0.1, 0.15) is 29.0 Å². The number of aliphatic hydroxyl groups is 1. The lowest BCUT2D eigenvalue weighted by atomic mass is 10.0. The predicted octanol–water partition coefficient (Wildman–Crippen LogP) is 4.04. The highest BCUT2D eigenvalue weighted by Gasteiger charge is 2.60. The molecule has 0 unspecified atom stereocenters. The Morgan fingerprint density at radius 2 is 1.77 bits per heavy atom. The van der Waals surface area contributed by atoms with Crippen molar-refractivity contribution in [3.05, 3.63) is 28.8 Å². The van der Waals surface area contributed by atoms with Gasteiger partial charge in [0.2, 0.25) is 0 Å². The molecule has 1 N–H and O–H groups in total. The third-order valence-corrected chi connectivity index (χ3v) is 3.15. The van der Waals surface area contributed by atoms with Crippen LogP contribution < -0.4 is 4.74 Å². The van der Waals surface area contributed by atoms with Gasteiger partial charge in [0.15, 0.2) is 6.17 Å². The molecule has 0 amide bonds. The first-order chi connectivity index (χ1) is 9.98. The Labute approximate surface area is 118 Å². The average Bonchev–Trinajstić information content (AvgIpc) is 2.57. The lowest BCUT2D eigenvalue weighted by Gasteiger charge is -2.17. The van der Waals surface area contributed by atoms with Gasteiger partial charge < -0.3 is 9.84 Å². The topological polar surface area (TPSA) is 29.5 Å². The standard InChI is InChI=1S/C12H8F8O2/c13-6(14)3-22-5-2-1-4(12(18,19)20)7-8(5)10(21)11(16,17)9(7)15/h1-2,6,9-10,21H,3H2/t9-,10+/m1/s1. The highest BCUT2D eigenvalue weighted by Crippen LogP contribution is 2.57. The van der Waals surface area contributed by atoms with Crippen molar-refractivity contribution >= 4 is 0 Å². The van der Waals surface area contributed by atoms with Gasteiger partial charge in [0.25, 0.3) is 6.43 Å². The maximum Gasteiger partial charge on any atom is 0.416 e. The molecule has 22 heavy (non-hydrogen) atoms. The van der Waals surface area contributed by atoms with Crippen LogP contribution in [0.4, 0.5) is 35.1 Å². The monoisotopic (exact) mass is 336 g/mol. The molecule has 0 saturated heterocycles. The van der Waals surface area contributed by atoms with Gasteiger partial charge in [-0.15, -0.1) is 0 Å². The number of hydrogen-bond acceptors (Lipinski definition) is 2. The van der Waals surface area contributed by atoms with E-state index in [0.717, 1.165) is 0 Å². The third-order valence-electron chi connectivity index (χ3n) is 3.15. The number of alkyl halides is 8. The maximum absolute atomic E-state index is 13.7. The number of ether oxygens (including phenoxy) is 1. The van der Waals surface area contributed by atoms with Gasteiger partial charge in [0, 0.05) is 11.1 Å².